The largest absolute Gasteiger partial charge is 0.447 e. The molecule has 1 N–H and O–H groups in total. The van der Waals surface area contributed by atoms with Crippen LogP contribution in [-0.4, -0.2) is 28.2 Å². The zero-order valence-electron chi connectivity index (χ0n) is 14.9. The van der Waals surface area contributed by atoms with Crippen molar-refractivity contribution >= 4 is 17.6 Å². The van der Waals surface area contributed by atoms with Gasteiger partial charge in [0, 0.05) is 17.5 Å². The number of carbonyl (C=O) groups is 2. The maximum Gasteiger partial charge on any atom is 0.414 e. The minimum Gasteiger partial charge on any atom is -0.447 e. The van der Waals surface area contributed by atoms with Crippen molar-refractivity contribution in [3.63, 3.8) is 0 Å². The van der Waals surface area contributed by atoms with Crippen molar-refractivity contribution in [2.45, 2.75) is 32.8 Å². The van der Waals surface area contributed by atoms with E-state index < -0.39 is 12.0 Å². The van der Waals surface area contributed by atoms with Crippen molar-refractivity contribution in [1.82, 2.24) is 15.5 Å². The molecule has 0 saturated carbocycles. The van der Waals surface area contributed by atoms with Crippen LogP contribution in [0.1, 0.15) is 42.9 Å². The topological polar surface area (TPSA) is 94.3 Å². The van der Waals surface area contributed by atoms with E-state index in [1.807, 2.05) is 6.08 Å². The van der Waals surface area contributed by atoms with Gasteiger partial charge in [0.1, 0.15) is 5.83 Å². The van der Waals surface area contributed by atoms with Crippen molar-refractivity contribution < 1.29 is 23.2 Å². The Labute approximate surface area is 154 Å². The van der Waals surface area contributed by atoms with Crippen LogP contribution < -0.4 is 5.32 Å². The third-order valence-corrected chi connectivity index (χ3v) is 3.70. The fraction of sp³-hybridized carbons (Fsp3) is 0.263. The number of nitrogens with one attached hydrogen (secondary N) is 1. The maximum absolute atomic E-state index is 13.9. The molecule has 0 aliphatic heterocycles. The number of allylic oxidation sites excluding steroid dienone is 4. The fourth-order valence-electron chi connectivity index (χ4n) is 2.48. The van der Waals surface area contributed by atoms with Gasteiger partial charge in [-0.2, -0.15) is 4.98 Å². The normalized spacial score (nSPS) is 13.8. The molecule has 0 atom stereocenters. The van der Waals surface area contributed by atoms with E-state index in [2.05, 4.69) is 15.5 Å². The molecule has 0 bridgehead atoms. The molecule has 2 aromatic rings. The molecule has 0 radical (unpaired) electrons. The van der Waals surface area contributed by atoms with Gasteiger partial charge in [-0.25, -0.2) is 9.18 Å². The predicted octanol–water partition coefficient (Wildman–Crippen LogP) is 4.04. The van der Waals surface area contributed by atoms with Crippen molar-refractivity contribution in [1.29, 1.82) is 0 Å². The quantitative estimate of drug-likeness (QED) is 0.872. The van der Waals surface area contributed by atoms with E-state index in [1.54, 1.807) is 32.1 Å². The number of imide groups is 1. The Bertz CT molecular complexity index is 931. The van der Waals surface area contributed by atoms with Crippen LogP contribution in [0.2, 0.25) is 0 Å². The van der Waals surface area contributed by atoms with E-state index in [4.69, 9.17) is 9.26 Å². The molecule has 1 aliphatic rings. The molecular weight excluding hydrogens is 353 g/mol. The summed E-state index contributed by atoms with van der Waals surface area (Å²) in [5.74, 6) is -0.628. The van der Waals surface area contributed by atoms with Gasteiger partial charge in [0.15, 0.2) is 0 Å². The number of carbonyl (C=O) groups excluding carboxylic acids is 2. The lowest BCUT2D eigenvalue weighted by Crippen LogP contribution is -2.32. The Morgan fingerprint density at radius 2 is 2.15 bits per heavy atom. The first-order valence-electron chi connectivity index (χ1n) is 8.45. The highest BCUT2D eigenvalue weighted by Gasteiger charge is 2.18. The summed E-state index contributed by atoms with van der Waals surface area (Å²) >= 11 is 0. The number of ether oxygens (including phenoxy) is 1. The molecule has 0 spiro atoms. The number of rotatable bonds is 4. The van der Waals surface area contributed by atoms with E-state index in [9.17, 15) is 14.0 Å². The van der Waals surface area contributed by atoms with Gasteiger partial charge in [-0.3, -0.25) is 10.1 Å². The minimum atomic E-state index is -0.825. The molecule has 3 rings (SSSR count). The standard InChI is InChI=1S/C19H18FN3O4/c1-11(2)26-19(25)22-17(24)13-7-5-6-12(10-13)16-21-18(27-23-16)14-8-3-4-9-15(14)20/h3,5-8,10-11H,4,9H2,1-2H3,(H,22,24,25). The Morgan fingerprint density at radius 3 is 2.89 bits per heavy atom. The molecule has 2 amide bonds. The van der Waals surface area contributed by atoms with Crippen LogP contribution in [0.3, 0.4) is 0 Å². The number of halogens is 1. The second kappa shape index (κ2) is 7.94. The van der Waals surface area contributed by atoms with Gasteiger partial charge in [0.05, 0.1) is 11.7 Å². The van der Waals surface area contributed by atoms with Gasteiger partial charge in [-0.15, -0.1) is 0 Å². The molecule has 1 aromatic heterocycles. The first-order valence-corrected chi connectivity index (χ1v) is 8.45. The summed E-state index contributed by atoms with van der Waals surface area (Å²) < 4.78 is 24.0. The van der Waals surface area contributed by atoms with Crippen molar-refractivity contribution in [3.05, 3.63) is 53.7 Å². The number of benzene rings is 1. The van der Waals surface area contributed by atoms with E-state index >= 15 is 0 Å². The average molecular weight is 371 g/mol. The third kappa shape index (κ3) is 4.46. The van der Waals surface area contributed by atoms with Crippen LogP contribution in [0.4, 0.5) is 9.18 Å². The molecule has 1 heterocycles. The lowest BCUT2D eigenvalue weighted by molar-refractivity contribution is 0.0876. The van der Waals surface area contributed by atoms with E-state index in [0.717, 1.165) is 0 Å². The summed E-state index contributed by atoms with van der Waals surface area (Å²) in [6.45, 7) is 3.36. The molecule has 8 heteroatoms. The number of hydrogen-bond donors (Lipinski definition) is 1. The number of hydrogen-bond acceptors (Lipinski definition) is 6. The molecular formula is C19H18FN3O4. The van der Waals surface area contributed by atoms with Crippen molar-refractivity contribution in [3.8, 4) is 11.4 Å². The van der Waals surface area contributed by atoms with Gasteiger partial charge < -0.3 is 9.26 Å². The predicted molar refractivity (Wildman–Crippen MR) is 95.2 cm³/mol. The molecule has 0 fully saturated rings. The number of amides is 2. The van der Waals surface area contributed by atoms with Gasteiger partial charge in [0.25, 0.3) is 11.8 Å². The molecule has 7 nitrogen and oxygen atoms in total. The first-order chi connectivity index (χ1) is 12.9. The summed E-state index contributed by atoms with van der Waals surface area (Å²) in [5, 5.41) is 5.99. The smallest absolute Gasteiger partial charge is 0.414 e. The van der Waals surface area contributed by atoms with Crippen molar-refractivity contribution in [2.24, 2.45) is 0 Å². The Hall–Kier alpha value is -3.29. The zero-order chi connectivity index (χ0) is 19.4. The molecule has 1 aliphatic carbocycles. The Balaban J connectivity index is 1.79. The van der Waals surface area contributed by atoms with E-state index in [-0.39, 0.29) is 34.8 Å². The third-order valence-electron chi connectivity index (χ3n) is 3.70. The van der Waals surface area contributed by atoms with E-state index in [0.29, 0.717) is 18.4 Å². The Kier molecular flexibility index (Phi) is 5.44. The Morgan fingerprint density at radius 1 is 1.33 bits per heavy atom. The SMILES string of the molecule is CC(C)OC(=O)NC(=O)c1cccc(-c2noc(C3=C(F)CCC=C3)n2)c1. The molecule has 1 aromatic carbocycles. The molecule has 0 unspecified atom stereocenters. The van der Waals surface area contributed by atoms with Crippen molar-refractivity contribution in [2.75, 3.05) is 0 Å². The second-order valence-corrected chi connectivity index (χ2v) is 6.17. The van der Waals surface area contributed by atoms with Gasteiger partial charge in [-0.05, 0) is 32.4 Å². The number of aromatic nitrogens is 2. The zero-order valence-corrected chi connectivity index (χ0v) is 14.9. The highest BCUT2D eigenvalue weighted by Crippen LogP contribution is 2.28. The molecule has 0 saturated heterocycles. The fourth-order valence-corrected chi connectivity index (χ4v) is 2.48. The lowest BCUT2D eigenvalue weighted by Gasteiger charge is -2.08. The first kappa shape index (κ1) is 18.5. The highest BCUT2D eigenvalue weighted by atomic mass is 19.1. The van der Waals surface area contributed by atoms with E-state index in [1.165, 1.54) is 12.1 Å². The molecule has 140 valence electrons. The monoisotopic (exact) mass is 371 g/mol. The minimum absolute atomic E-state index is 0.0776. The maximum atomic E-state index is 13.9. The van der Waals surface area contributed by atoms with Crippen LogP contribution >= 0.6 is 0 Å². The van der Waals surface area contributed by atoms with Crippen LogP contribution in [-0.2, 0) is 4.74 Å². The summed E-state index contributed by atoms with van der Waals surface area (Å²) in [6, 6.07) is 6.34. The summed E-state index contributed by atoms with van der Waals surface area (Å²) in [6.07, 6.45) is 3.21. The summed E-state index contributed by atoms with van der Waals surface area (Å²) in [4.78, 5) is 27.9. The highest BCUT2D eigenvalue weighted by molar-refractivity contribution is 6.03. The number of alkyl carbamates (subject to hydrolysis) is 1. The average Bonchev–Trinajstić information content (AvgIpc) is 3.11. The van der Waals surface area contributed by atoms with Crippen LogP contribution in [0.25, 0.3) is 17.0 Å². The van der Waals surface area contributed by atoms with Crippen LogP contribution in [0.15, 0.2) is 46.8 Å². The second-order valence-electron chi connectivity index (χ2n) is 6.17. The van der Waals surface area contributed by atoms with Gasteiger partial charge in [0.2, 0.25) is 5.82 Å². The lowest BCUT2D eigenvalue weighted by atomic mass is 10.1. The van der Waals surface area contributed by atoms with Crippen LogP contribution in [0.5, 0.6) is 0 Å². The number of nitrogens with zero attached hydrogens (tertiary/aromatic N) is 2. The van der Waals surface area contributed by atoms with Gasteiger partial charge in [-0.1, -0.05) is 29.4 Å². The van der Waals surface area contributed by atoms with Crippen LogP contribution in [0, 0.1) is 0 Å². The molecule has 27 heavy (non-hydrogen) atoms. The summed E-state index contributed by atoms with van der Waals surface area (Å²) in [5.41, 5.74) is 0.989. The summed E-state index contributed by atoms with van der Waals surface area (Å²) in [7, 11) is 0. The van der Waals surface area contributed by atoms with Gasteiger partial charge >= 0.3 is 6.09 Å².